The summed E-state index contributed by atoms with van der Waals surface area (Å²) in [5, 5.41) is 3.61. The molecular formula is C31H39NO10. The molecule has 3 heterocycles. The molecule has 3 saturated heterocycles. The molecule has 228 valence electrons. The summed E-state index contributed by atoms with van der Waals surface area (Å²) in [6.07, 6.45) is -0.310. The normalized spacial score (nSPS) is 38.2. The Balaban J connectivity index is 1.33. The van der Waals surface area contributed by atoms with Crippen molar-refractivity contribution in [3.05, 3.63) is 59.2 Å². The molecule has 0 aromatic heterocycles. The molecule has 11 heteroatoms. The van der Waals surface area contributed by atoms with Crippen LogP contribution < -0.4 is 5.32 Å². The number of esters is 2. The fourth-order valence-corrected chi connectivity index (χ4v) is 6.42. The van der Waals surface area contributed by atoms with Gasteiger partial charge in [0.2, 0.25) is 0 Å². The van der Waals surface area contributed by atoms with Gasteiger partial charge in [0.25, 0.3) is 0 Å². The van der Waals surface area contributed by atoms with E-state index in [0.717, 1.165) is 16.7 Å². The summed E-state index contributed by atoms with van der Waals surface area (Å²) in [4.78, 5) is 24.7. The quantitative estimate of drug-likeness (QED) is 0.406. The fourth-order valence-electron chi connectivity index (χ4n) is 6.42. The molecule has 6 rings (SSSR count). The second-order valence-electron chi connectivity index (χ2n) is 12.3. The van der Waals surface area contributed by atoms with Crippen molar-refractivity contribution < 1.29 is 47.5 Å². The zero-order valence-corrected chi connectivity index (χ0v) is 24.7. The van der Waals surface area contributed by atoms with Crippen LogP contribution in [0.1, 0.15) is 53.4 Å². The summed E-state index contributed by atoms with van der Waals surface area (Å²) in [6, 6.07) is 8.58. The van der Waals surface area contributed by atoms with E-state index in [-0.39, 0.29) is 18.8 Å². The van der Waals surface area contributed by atoms with Gasteiger partial charge < -0.3 is 37.9 Å². The number of carbonyl (C=O) groups excluding carboxylic acids is 2. The van der Waals surface area contributed by atoms with Crippen molar-refractivity contribution in [2.75, 3.05) is 13.2 Å². The first kappa shape index (κ1) is 29.4. The van der Waals surface area contributed by atoms with Gasteiger partial charge in [0, 0.05) is 19.4 Å². The number of ether oxygens (including phenoxy) is 8. The van der Waals surface area contributed by atoms with E-state index < -0.39 is 66.4 Å². The van der Waals surface area contributed by atoms with Crippen molar-refractivity contribution >= 4 is 11.9 Å². The van der Waals surface area contributed by atoms with Crippen molar-refractivity contribution in [2.24, 2.45) is 0 Å². The summed E-state index contributed by atoms with van der Waals surface area (Å²) in [6.45, 7) is 10.8. The van der Waals surface area contributed by atoms with E-state index in [2.05, 4.69) is 5.32 Å². The van der Waals surface area contributed by atoms with Crippen molar-refractivity contribution in [2.45, 2.75) is 108 Å². The van der Waals surface area contributed by atoms with Crippen molar-refractivity contribution in [3.63, 3.8) is 0 Å². The maximum atomic E-state index is 12.4. The van der Waals surface area contributed by atoms with Crippen LogP contribution >= 0.6 is 0 Å². The Bertz CT molecular complexity index is 1260. The lowest BCUT2D eigenvalue weighted by Gasteiger charge is -2.47. The lowest BCUT2D eigenvalue weighted by Crippen LogP contribution is -2.63. The maximum Gasteiger partial charge on any atom is 0.303 e. The highest BCUT2D eigenvalue weighted by Crippen LogP contribution is 2.43. The summed E-state index contributed by atoms with van der Waals surface area (Å²) in [5.74, 6) is -2.62. The monoisotopic (exact) mass is 585 g/mol. The van der Waals surface area contributed by atoms with Gasteiger partial charge in [-0.1, -0.05) is 42.5 Å². The number of benzene rings is 1. The number of carbonyl (C=O) groups is 2. The van der Waals surface area contributed by atoms with Crippen LogP contribution in [-0.4, -0.2) is 85.4 Å². The van der Waals surface area contributed by atoms with Gasteiger partial charge in [0.1, 0.15) is 24.4 Å². The van der Waals surface area contributed by atoms with Crippen molar-refractivity contribution in [3.8, 4) is 0 Å². The number of nitrogens with one attached hydrogen (secondary N) is 1. The van der Waals surface area contributed by atoms with Gasteiger partial charge in [0.15, 0.2) is 30.1 Å². The largest absolute Gasteiger partial charge is 0.456 e. The Hall–Kier alpha value is -2.64. The second kappa shape index (κ2) is 11.1. The average Bonchev–Trinajstić information content (AvgIpc) is 3.26. The van der Waals surface area contributed by atoms with Gasteiger partial charge >= 0.3 is 11.9 Å². The van der Waals surface area contributed by atoms with E-state index in [0.29, 0.717) is 6.61 Å². The molecule has 11 nitrogen and oxygen atoms in total. The highest BCUT2D eigenvalue weighted by molar-refractivity contribution is 5.68. The fraction of sp³-hybridized carbons (Fsp3) is 0.613. The van der Waals surface area contributed by atoms with Crippen LogP contribution in [0.5, 0.6) is 0 Å². The molecule has 0 bridgehead atoms. The predicted molar refractivity (Wildman–Crippen MR) is 147 cm³/mol. The number of fused-ring (bicyclic) bond motifs is 4. The lowest BCUT2D eigenvalue weighted by atomic mass is 9.83. The Labute approximate surface area is 245 Å². The lowest BCUT2D eigenvalue weighted by molar-refractivity contribution is -0.273. The van der Waals surface area contributed by atoms with Gasteiger partial charge in [-0.25, -0.2) is 0 Å². The highest BCUT2D eigenvalue weighted by atomic mass is 16.8. The first-order chi connectivity index (χ1) is 19.9. The van der Waals surface area contributed by atoms with Crippen LogP contribution in [0.4, 0.5) is 0 Å². The zero-order valence-electron chi connectivity index (χ0n) is 24.7. The van der Waals surface area contributed by atoms with Gasteiger partial charge in [-0.2, -0.15) is 0 Å². The SMILES string of the molecule is CC(=O)O[C@@H]1[C@@H](OC(C)=O)[C@@H]2OC(c3ccccc3)OCC2=C[C@@H]1N[C@H]1C=C2COC(C)(C)O[C@H]2[C@@H]2OC(C)(C)O[C@H]21. The first-order valence-electron chi connectivity index (χ1n) is 14.4. The minimum absolute atomic E-state index is 0.246. The van der Waals surface area contributed by atoms with Crippen LogP contribution in [0.2, 0.25) is 0 Å². The van der Waals surface area contributed by atoms with Crippen LogP contribution in [0.25, 0.3) is 0 Å². The Morgan fingerprint density at radius 3 is 2.14 bits per heavy atom. The third kappa shape index (κ3) is 5.92. The van der Waals surface area contributed by atoms with Crippen LogP contribution in [-0.2, 0) is 47.5 Å². The maximum absolute atomic E-state index is 12.4. The molecular weight excluding hydrogens is 546 g/mol. The molecule has 3 fully saturated rings. The molecule has 3 aliphatic heterocycles. The molecule has 0 amide bonds. The van der Waals surface area contributed by atoms with Crippen molar-refractivity contribution in [1.82, 2.24) is 5.32 Å². The molecule has 0 radical (unpaired) electrons. The second-order valence-corrected chi connectivity index (χ2v) is 12.3. The highest BCUT2D eigenvalue weighted by Gasteiger charge is 2.56. The van der Waals surface area contributed by atoms with Crippen molar-refractivity contribution in [1.29, 1.82) is 0 Å². The minimum atomic E-state index is -0.918. The Morgan fingerprint density at radius 1 is 0.786 bits per heavy atom. The van der Waals surface area contributed by atoms with Gasteiger partial charge in [-0.05, 0) is 38.8 Å². The van der Waals surface area contributed by atoms with Gasteiger partial charge in [0.05, 0.1) is 25.3 Å². The van der Waals surface area contributed by atoms with E-state index in [1.54, 1.807) is 0 Å². The predicted octanol–water partition coefficient (Wildman–Crippen LogP) is 2.84. The topological polar surface area (TPSA) is 120 Å². The number of rotatable bonds is 5. The summed E-state index contributed by atoms with van der Waals surface area (Å²) in [7, 11) is 0. The van der Waals surface area contributed by atoms with Crippen LogP contribution in [0.3, 0.4) is 0 Å². The van der Waals surface area contributed by atoms with E-state index in [4.69, 9.17) is 37.9 Å². The number of hydrogen-bond acceptors (Lipinski definition) is 11. The third-order valence-corrected chi connectivity index (χ3v) is 8.04. The summed E-state index contributed by atoms with van der Waals surface area (Å²) >= 11 is 0. The Kier molecular flexibility index (Phi) is 7.80. The molecule has 1 N–H and O–H groups in total. The van der Waals surface area contributed by atoms with E-state index >= 15 is 0 Å². The van der Waals surface area contributed by atoms with E-state index in [9.17, 15) is 9.59 Å². The number of hydrogen-bond donors (Lipinski definition) is 1. The van der Waals surface area contributed by atoms with Gasteiger partial charge in [-0.15, -0.1) is 0 Å². The molecule has 0 saturated carbocycles. The summed E-state index contributed by atoms with van der Waals surface area (Å²) < 4.78 is 49.0. The average molecular weight is 586 g/mol. The van der Waals surface area contributed by atoms with E-state index in [1.807, 2.05) is 70.2 Å². The summed E-state index contributed by atoms with van der Waals surface area (Å²) in [5.41, 5.74) is 2.55. The molecule has 0 spiro atoms. The molecule has 2 aliphatic carbocycles. The van der Waals surface area contributed by atoms with E-state index in [1.165, 1.54) is 13.8 Å². The molecule has 1 aromatic rings. The molecule has 1 unspecified atom stereocenters. The third-order valence-electron chi connectivity index (χ3n) is 8.04. The van der Waals surface area contributed by atoms with Crippen LogP contribution in [0, 0.1) is 0 Å². The minimum Gasteiger partial charge on any atom is -0.456 e. The standard InChI is InChI=1S/C31H39NO10/c1-16(33)37-25-21(12-19-14-35-29(18-10-8-7-9-11-18)39-23(19)27(25)38-17(2)34)32-22-13-20-15-36-30(3,4)40-24(20)28-26(22)41-31(5,6)42-28/h7-13,21-29,32H,14-15H2,1-6H3/t21-,22-,23+,24+,25-,26-,27-,28-,29?/m0/s1. The Morgan fingerprint density at radius 2 is 1.43 bits per heavy atom. The molecule has 1 aromatic carbocycles. The zero-order chi connectivity index (χ0) is 29.8. The first-order valence-corrected chi connectivity index (χ1v) is 14.4. The van der Waals surface area contributed by atoms with Crippen LogP contribution in [0.15, 0.2) is 53.6 Å². The van der Waals surface area contributed by atoms with Gasteiger partial charge in [-0.3, -0.25) is 14.9 Å². The molecule has 42 heavy (non-hydrogen) atoms. The molecule has 5 aliphatic rings. The smallest absolute Gasteiger partial charge is 0.303 e. The molecule has 9 atom stereocenters.